The molecule has 2 unspecified atom stereocenters. The molecule has 2 aliphatic rings. The molecule has 0 radical (unpaired) electrons. The Balaban J connectivity index is 1.34. The lowest BCUT2D eigenvalue weighted by Crippen LogP contribution is -2.23. The number of fused-ring (bicyclic) bond motifs is 2. The van der Waals surface area contributed by atoms with Crippen molar-refractivity contribution in [1.82, 2.24) is 4.98 Å². The highest BCUT2D eigenvalue weighted by Crippen LogP contribution is 2.35. The van der Waals surface area contributed by atoms with Crippen molar-refractivity contribution in [3.63, 3.8) is 0 Å². The molecule has 0 bridgehead atoms. The third kappa shape index (κ3) is 5.94. The molecule has 3 heterocycles. The second-order valence-corrected chi connectivity index (χ2v) is 13.8. The lowest BCUT2D eigenvalue weighted by Gasteiger charge is -2.15. The van der Waals surface area contributed by atoms with E-state index in [9.17, 15) is 35.6 Å². The Morgan fingerprint density at radius 2 is 1.78 bits per heavy atom. The molecule has 0 aliphatic carbocycles. The van der Waals surface area contributed by atoms with Crippen LogP contribution in [-0.2, 0) is 20.9 Å². The van der Waals surface area contributed by atoms with Crippen LogP contribution in [0.2, 0.25) is 0 Å². The lowest BCUT2D eigenvalue weighted by molar-refractivity contribution is -0.139. The normalized spacial score (nSPS) is 18.7. The number of ether oxygens (including phenoxy) is 1. The minimum Gasteiger partial charge on any atom is -0.496 e. The highest BCUT2D eigenvalue weighted by molar-refractivity contribution is 7.91. The molecule has 2 atom stereocenters. The molecule has 2 amide bonds. The molecule has 10 nitrogen and oxygen atoms in total. The number of benzene rings is 3. The fraction of sp³-hybridized carbons (Fsp3) is 0.241. The topological polar surface area (TPSA) is 136 Å². The monoisotopic (exact) mass is 662 g/mol. The standard InChI is InChI=1S/C29H22F4N4O6S2/c1-13-34-22-10-21(16(9-25(22)44-13)27(38)35-15-4-5-20(30)19(8-15)29(31,32)33)36-28(39)17-7-14(3-6-23(17)42-2)26-18-11-45(40,41)12-24(18)43-37-26/h3-10,18,24H,11-12H2,1-2H3,(H,35,38)(H,36,39). The molecule has 6 rings (SSSR count). The maximum Gasteiger partial charge on any atom is 0.419 e. The van der Waals surface area contributed by atoms with E-state index in [-0.39, 0.29) is 39.8 Å². The van der Waals surface area contributed by atoms with Crippen LogP contribution in [-0.4, -0.2) is 55.6 Å². The number of nitrogens with zero attached hydrogens (tertiary/aromatic N) is 2. The summed E-state index contributed by atoms with van der Waals surface area (Å²) in [6.07, 6.45) is -5.60. The first-order chi connectivity index (χ1) is 21.2. The van der Waals surface area contributed by atoms with E-state index in [1.165, 1.54) is 42.7 Å². The molecule has 0 spiro atoms. The quantitative estimate of drug-likeness (QED) is 0.263. The van der Waals surface area contributed by atoms with Gasteiger partial charge < -0.3 is 20.2 Å². The number of aromatic nitrogens is 1. The Bertz CT molecular complexity index is 2030. The van der Waals surface area contributed by atoms with E-state index in [1.54, 1.807) is 13.0 Å². The Kier molecular flexibility index (Phi) is 7.51. The number of rotatable bonds is 6. The van der Waals surface area contributed by atoms with Crippen molar-refractivity contribution in [2.45, 2.75) is 19.2 Å². The summed E-state index contributed by atoms with van der Waals surface area (Å²) in [6, 6.07) is 9.55. The summed E-state index contributed by atoms with van der Waals surface area (Å²) in [5, 5.41) is 9.74. The van der Waals surface area contributed by atoms with Crippen molar-refractivity contribution >= 4 is 60.3 Å². The molecule has 45 heavy (non-hydrogen) atoms. The highest BCUT2D eigenvalue weighted by Gasteiger charge is 2.46. The maximum atomic E-state index is 13.8. The zero-order valence-corrected chi connectivity index (χ0v) is 25.0. The van der Waals surface area contributed by atoms with Crippen LogP contribution >= 0.6 is 11.3 Å². The summed E-state index contributed by atoms with van der Waals surface area (Å²) in [5.41, 5.74) is -0.681. The van der Waals surface area contributed by atoms with Gasteiger partial charge in [0.2, 0.25) is 0 Å². The second-order valence-electron chi connectivity index (χ2n) is 10.4. The van der Waals surface area contributed by atoms with Gasteiger partial charge in [-0.15, -0.1) is 11.3 Å². The Morgan fingerprint density at radius 3 is 2.51 bits per heavy atom. The van der Waals surface area contributed by atoms with Gasteiger partial charge in [-0.1, -0.05) is 5.16 Å². The number of amides is 2. The fourth-order valence-corrected chi connectivity index (χ4v) is 7.96. The average molecular weight is 663 g/mol. The van der Waals surface area contributed by atoms with Gasteiger partial charge in [0.25, 0.3) is 11.8 Å². The Morgan fingerprint density at radius 1 is 1.02 bits per heavy atom. The summed E-state index contributed by atoms with van der Waals surface area (Å²) < 4.78 is 83.9. The number of sulfone groups is 1. The minimum atomic E-state index is -4.99. The van der Waals surface area contributed by atoms with E-state index in [2.05, 4.69) is 20.8 Å². The summed E-state index contributed by atoms with van der Waals surface area (Å²) in [4.78, 5) is 36.8. The molecule has 4 aromatic rings. The molecule has 1 fully saturated rings. The van der Waals surface area contributed by atoms with Crippen molar-refractivity contribution in [3.05, 3.63) is 81.6 Å². The first-order valence-electron chi connectivity index (χ1n) is 13.3. The van der Waals surface area contributed by atoms with Gasteiger partial charge in [-0.25, -0.2) is 17.8 Å². The molecule has 234 valence electrons. The number of carbonyl (C=O) groups is 2. The number of carbonyl (C=O) groups excluding carboxylic acids is 2. The van der Waals surface area contributed by atoms with Crippen LogP contribution in [0.4, 0.5) is 28.9 Å². The molecule has 16 heteroatoms. The summed E-state index contributed by atoms with van der Waals surface area (Å²) in [5.74, 6) is -3.73. The van der Waals surface area contributed by atoms with Crippen molar-refractivity contribution in [2.24, 2.45) is 11.1 Å². The smallest absolute Gasteiger partial charge is 0.419 e. The van der Waals surface area contributed by atoms with Crippen molar-refractivity contribution in [1.29, 1.82) is 0 Å². The van der Waals surface area contributed by atoms with Crippen molar-refractivity contribution < 1.29 is 45.1 Å². The van der Waals surface area contributed by atoms with E-state index >= 15 is 0 Å². The van der Waals surface area contributed by atoms with Crippen LogP contribution in [0.3, 0.4) is 0 Å². The SMILES string of the molecule is COc1ccc(C2=NOC3CS(=O)(=O)CC23)cc1C(=O)Nc1cc2nc(C)sc2cc1C(=O)Nc1ccc(F)c(C(F)(F)F)c1. The second kappa shape index (κ2) is 11.1. The highest BCUT2D eigenvalue weighted by atomic mass is 32.2. The first-order valence-corrected chi connectivity index (χ1v) is 15.9. The number of halogens is 4. The van der Waals surface area contributed by atoms with E-state index < -0.39 is 51.2 Å². The molecule has 0 saturated carbocycles. The molecule has 1 aromatic heterocycles. The Labute approximate surface area is 257 Å². The number of anilines is 2. The molecule has 1 saturated heterocycles. The van der Waals surface area contributed by atoms with Gasteiger partial charge in [0.05, 0.1) is 67.8 Å². The van der Waals surface area contributed by atoms with Crippen LogP contribution in [0, 0.1) is 18.7 Å². The van der Waals surface area contributed by atoms with Crippen LogP contribution in [0.1, 0.15) is 36.9 Å². The molecule has 2 aliphatic heterocycles. The molecular weight excluding hydrogens is 640 g/mol. The van der Waals surface area contributed by atoms with E-state index in [0.29, 0.717) is 38.6 Å². The first kappa shape index (κ1) is 30.5. The predicted molar refractivity (Wildman–Crippen MR) is 158 cm³/mol. The average Bonchev–Trinajstić information content (AvgIpc) is 3.62. The number of hydrogen-bond acceptors (Lipinski definition) is 9. The number of aryl methyl sites for hydroxylation is 1. The molecular formula is C29H22F4N4O6S2. The van der Waals surface area contributed by atoms with Gasteiger partial charge in [0.15, 0.2) is 15.9 Å². The van der Waals surface area contributed by atoms with Gasteiger partial charge in [0, 0.05) is 11.3 Å². The largest absolute Gasteiger partial charge is 0.496 e. The fourth-order valence-electron chi connectivity index (χ4n) is 5.27. The van der Waals surface area contributed by atoms with Crippen molar-refractivity contribution in [2.75, 3.05) is 29.2 Å². The van der Waals surface area contributed by atoms with Gasteiger partial charge in [-0.2, -0.15) is 13.2 Å². The third-order valence-corrected chi connectivity index (χ3v) is 9.97. The number of oxime groups is 1. The maximum absolute atomic E-state index is 13.8. The molecule has 2 N–H and O–H groups in total. The minimum absolute atomic E-state index is 0.00981. The van der Waals surface area contributed by atoms with Gasteiger partial charge >= 0.3 is 6.18 Å². The van der Waals surface area contributed by atoms with Crippen LogP contribution in [0.25, 0.3) is 10.2 Å². The third-order valence-electron chi connectivity index (χ3n) is 7.34. The van der Waals surface area contributed by atoms with E-state index in [0.717, 1.165) is 6.07 Å². The van der Waals surface area contributed by atoms with Crippen molar-refractivity contribution in [3.8, 4) is 5.75 Å². The van der Waals surface area contributed by atoms with Crippen LogP contribution in [0.15, 0.2) is 53.7 Å². The van der Waals surface area contributed by atoms with Gasteiger partial charge in [-0.05, 0) is 55.5 Å². The van der Waals surface area contributed by atoms with Crippen LogP contribution in [0.5, 0.6) is 5.75 Å². The Hall–Kier alpha value is -4.57. The van der Waals surface area contributed by atoms with E-state index in [4.69, 9.17) is 9.57 Å². The number of thiazole rings is 1. The lowest BCUT2D eigenvalue weighted by atomic mass is 9.93. The predicted octanol–water partition coefficient (Wildman–Crippen LogP) is 5.42. The number of alkyl halides is 3. The van der Waals surface area contributed by atoms with E-state index in [1.807, 2.05) is 0 Å². The number of hydrogen-bond donors (Lipinski definition) is 2. The van der Waals surface area contributed by atoms with Gasteiger partial charge in [-0.3, -0.25) is 9.59 Å². The zero-order chi connectivity index (χ0) is 32.3. The summed E-state index contributed by atoms with van der Waals surface area (Å²) >= 11 is 1.26. The van der Waals surface area contributed by atoms with Crippen LogP contribution < -0.4 is 15.4 Å². The van der Waals surface area contributed by atoms with Gasteiger partial charge in [0.1, 0.15) is 11.6 Å². The summed E-state index contributed by atoms with van der Waals surface area (Å²) in [7, 11) is -1.97. The number of methoxy groups -OCH3 is 1. The zero-order valence-electron chi connectivity index (χ0n) is 23.4. The number of nitrogens with one attached hydrogen (secondary N) is 2. The summed E-state index contributed by atoms with van der Waals surface area (Å²) in [6.45, 7) is 1.74. The molecule has 3 aromatic carbocycles.